The predicted octanol–water partition coefficient (Wildman–Crippen LogP) is 3.00. The number of rotatable bonds is 5. The summed E-state index contributed by atoms with van der Waals surface area (Å²) in [5, 5.41) is 2.59. The van der Waals surface area contributed by atoms with Crippen LogP contribution < -0.4 is 5.32 Å². The van der Waals surface area contributed by atoms with Crippen molar-refractivity contribution < 1.29 is 13.6 Å². The van der Waals surface area contributed by atoms with Crippen LogP contribution in [0, 0.1) is 11.8 Å². The Morgan fingerprint density at radius 1 is 1.09 bits per heavy atom. The second-order valence-corrected chi connectivity index (χ2v) is 4.74. The number of alkyl halides is 2. The second kappa shape index (κ2) is 8.64. The number of nitrogens with zero attached hydrogens (tertiary/aromatic N) is 1. The van der Waals surface area contributed by atoms with E-state index >= 15 is 0 Å². The molecule has 0 aliphatic rings. The molecule has 3 nitrogen and oxygen atoms in total. The number of pyridine rings is 1. The Hall–Kier alpha value is -2.74. The maximum atomic E-state index is 13.0. The van der Waals surface area contributed by atoms with Crippen molar-refractivity contribution in [3.05, 3.63) is 65.0 Å². The number of hydrogen-bond acceptors (Lipinski definition) is 2. The molecule has 0 saturated heterocycles. The molecule has 0 aliphatic heterocycles. The van der Waals surface area contributed by atoms with Gasteiger partial charge < -0.3 is 5.32 Å². The fraction of sp³-hybridized carbons (Fsp3) is 0.222. The van der Waals surface area contributed by atoms with Crippen LogP contribution in [0.1, 0.15) is 27.2 Å². The average Bonchev–Trinajstić information content (AvgIpc) is 2.61. The smallest absolute Gasteiger partial charge is 0.252 e. The lowest BCUT2D eigenvalue weighted by Gasteiger charge is -2.09. The molecule has 5 heteroatoms. The van der Waals surface area contributed by atoms with Gasteiger partial charge in [-0.3, -0.25) is 9.78 Å². The van der Waals surface area contributed by atoms with Crippen molar-refractivity contribution in [2.45, 2.75) is 19.8 Å². The normalized spacial score (nSPS) is 9.83. The highest BCUT2D eigenvalue weighted by Gasteiger charge is 2.13. The highest BCUT2D eigenvalue weighted by molar-refractivity contribution is 5.96. The first-order chi connectivity index (χ1) is 11.3. The lowest BCUT2D eigenvalue weighted by Crippen LogP contribution is -2.25. The lowest BCUT2D eigenvalue weighted by molar-refractivity contribution is 0.0957. The Kier molecular flexibility index (Phi) is 6.25. The van der Waals surface area contributed by atoms with Crippen LogP contribution in [0.25, 0.3) is 0 Å². The molecule has 0 bridgehead atoms. The molecule has 118 valence electrons. The number of carbonyl (C=O) groups is 1. The largest absolute Gasteiger partial charge is 0.341 e. The molecule has 1 heterocycles. The molecule has 0 unspecified atom stereocenters. The van der Waals surface area contributed by atoms with Gasteiger partial charge in [0.15, 0.2) is 0 Å². The lowest BCUT2D eigenvalue weighted by atomic mass is 10.0. The fourth-order valence-electron chi connectivity index (χ4n) is 2.07. The Morgan fingerprint density at radius 2 is 1.96 bits per heavy atom. The summed E-state index contributed by atoms with van der Waals surface area (Å²) >= 11 is 0. The van der Waals surface area contributed by atoms with E-state index in [1.54, 1.807) is 6.20 Å². The van der Waals surface area contributed by atoms with Crippen molar-refractivity contribution in [3.63, 3.8) is 0 Å². The van der Waals surface area contributed by atoms with Gasteiger partial charge >= 0.3 is 0 Å². The molecule has 0 spiro atoms. The van der Waals surface area contributed by atoms with Crippen molar-refractivity contribution in [1.82, 2.24) is 10.3 Å². The molecule has 0 fully saturated rings. The minimum absolute atomic E-state index is 0.0916. The van der Waals surface area contributed by atoms with Crippen molar-refractivity contribution in [1.29, 1.82) is 0 Å². The maximum absolute atomic E-state index is 13.0. The first-order valence-electron chi connectivity index (χ1n) is 7.12. The van der Waals surface area contributed by atoms with E-state index in [0.29, 0.717) is 6.42 Å². The van der Waals surface area contributed by atoms with E-state index in [1.165, 1.54) is 18.2 Å². The highest BCUT2D eigenvalue weighted by atomic mass is 19.1. The topological polar surface area (TPSA) is 42.0 Å². The van der Waals surface area contributed by atoms with Gasteiger partial charge in [-0.15, -0.1) is 0 Å². The third-order valence-electron chi connectivity index (χ3n) is 3.25. The molecule has 1 N–H and O–H groups in total. The van der Waals surface area contributed by atoms with Gasteiger partial charge in [-0.05, 0) is 23.8 Å². The highest BCUT2D eigenvalue weighted by Crippen LogP contribution is 2.17. The number of aromatic nitrogens is 1. The van der Waals surface area contributed by atoms with E-state index in [4.69, 9.17) is 0 Å². The molecule has 0 aliphatic carbocycles. The Balaban J connectivity index is 1.93. The number of carbonyl (C=O) groups excluding carboxylic acids is 1. The minimum Gasteiger partial charge on any atom is -0.341 e. The summed E-state index contributed by atoms with van der Waals surface area (Å²) in [5.41, 5.74) is 1.28. The summed E-state index contributed by atoms with van der Waals surface area (Å²) in [4.78, 5) is 16.2. The quantitative estimate of drug-likeness (QED) is 0.862. The molecule has 0 saturated carbocycles. The Labute approximate surface area is 133 Å². The van der Waals surface area contributed by atoms with Crippen LogP contribution >= 0.6 is 0 Å². The van der Waals surface area contributed by atoms with E-state index in [9.17, 15) is 13.6 Å². The molecule has 1 aromatic heterocycles. The minimum atomic E-state index is -0.881. The summed E-state index contributed by atoms with van der Waals surface area (Å²) in [6.45, 7) is -1.55. The van der Waals surface area contributed by atoms with Gasteiger partial charge in [0.1, 0.15) is 13.3 Å². The number of hydrogen-bond donors (Lipinski definition) is 1. The molecule has 2 aromatic rings. The van der Waals surface area contributed by atoms with Crippen LogP contribution in [0.5, 0.6) is 0 Å². The molecule has 0 radical (unpaired) electrons. The predicted molar refractivity (Wildman–Crippen MR) is 84.1 cm³/mol. The van der Waals surface area contributed by atoms with Gasteiger partial charge in [-0.1, -0.05) is 30.0 Å². The molecular formula is C18H16F2N2O. The molecule has 23 heavy (non-hydrogen) atoms. The average molecular weight is 314 g/mol. The van der Waals surface area contributed by atoms with Gasteiger partial charge in [-0.25, -0.2) is 8.78 Å². The van der Waals surface area contributed by atoms with Gasteiger partial charge in [0.2, 0.25) is 0 Å². The van der Waals surface area contributed by atoms with Crippen molar-refractivity contribution in [3.8, 4) is 11.8 Å². The SMILES string of the molecule is O=C(NCC#CCc1ccccn1)c1cccc(CF)c1CF. The monoisotopic (exact) mass is 314 g/mol. The van der Waals surface area contributed by atoms with Gasteiger partial charge in [-0.2, -0.15) is 0 Å². The number of halogens is 2. The van der Waals surface area contributed by atoms with Crippen LogP contribution in [0.3, 0.4) is 0 Å². The zero-order valence-corrected chi connectivity index (χ0v) is 12.5. The standard InChI is InChI=1S/C18H16F2N2O/c19-12-14-6-5-9-16(17(14)13-20)18(23)22-11-4-2-8-15-7-1-3-10-21-15/h1,3,5-7,9-10H,8,11-13H2,(H,22,23). The van der Waals surface area contributed by atoms with Crippen LogP contribution in [0.2, 0.25) is 0 Å². The second-order valence-electron chi connectivity index (χ2n) is 4.74. The van der Waals surface area contributed by atoms with Crippen LogP contribution in [-0.4, -0.2) is 17.4 Å². The first kappa shape index (κ1) is 16.6. The van der Waals surface area contributed by atoms with E-state index in [1.807, 2.05) is 18.2 Å². The van der Waals surface area contributed by atoms with Crippen molar-refractivity contribution in [2.24, 2.45) is 0 Å². The third kappa shape index (κ3) is 4.62. The van der Waals surface area contributed by atoms with E-state index in [2.05, 4.69) is 22.1 Å². The van der Waals surface area contributed by atoms with Crippen LogP contribution in [-0.2, 0) is 19.8 Å². The Morgan fingerprint density at radius 3 is 2.65 bits per heavy atom. The molecule has 0 atom stereocenters. The first-order valence-corrected chi connectivity index (χ1v) is 7.12. The van der Waals surface area contributed by atoms with Crippen LogP contribution in [0.15, 0.2) is 42.6 Å². The van der Waals surface area contributed by atoms with Gasteiger partial charge in [0, 0.05) is 17.3 Å². The molecule has 1 amide bonds. The summed E-state index contributed by atoms with van der Waals surface area (Å²) in [7, 11) is 0. The molecule has 2 rings (SSSR count). The summed E-state index contributed by atoms with van der Waals surface area (Å²) < 4.78 is 25.8. The van der Waals surface area contributed by atoms with E-state index in [-0.39, 0.29) is 23.2 Å². The van der Waals surface area contributed by atoms with E-state index < -0.39 is 19.3 Å². The summed E-state index contributed by atoms with van der Waals surface area (Å²) in [6, 6.07) is 10.1. The Bertz CT molecular complexity index is 721. The van der Waals surface area contributed by atoms with Crippen LogP contribution in [0.4, 0.5) is 8.78 Å². The summed E-state index contributed by atoms with van der Waals surface area (Å²) in [6.07, 6.45) is 2.18. The van der Waals surface area contributed by atoms with Gasteiger partial charge in [0.25, 0.3) is 5.91 Å². The molecule has 1 aromatic carbocycles. The maximum Gasteiger partial charge on any atom is 0.252 e. The third-order valence-corrected chi connectivity index (χ3v) is 3.25. The number of nitrogens with one attached hydrogen (secondary N) is 1. The van der Waals surface area contributed by atoms with Crippen molar-refractivity contribution in [2.75, 3.05) is 6.54 Å². The number of amides is 1. The van der Waals surface area contributed by atoms with Gasteiger partial charge in [0.05, 0.1) is 18.7 Å². The van der Waals surface area contributed by atoms with E-state index in [0.717, 1.165) is 5.69 Å². The summed E-state index contributed by atoms with van der Waals surface area (Å²) in [5.74, 6) is 5.25. The zero-order valence-electron chi connectivity index (χ0n) is 12.5. The zero-order chi connectivity index (χ0) is 16.5. The van der Waals surface area contributed by atoms with Crippen molar-refractivity contribution >= 4 is 5.91 Å². The fourth-order valence-corrected chi connectivity index (χ4v) is 2.07. The number of benzene rings is 1. The molecular weight excluding hydrogens is 298 g/mol.